The summed E-state index contributed by atoms with van der Waals surface area (Å²) >= 11 is 0. The number of aliphatic hydroxyl groups excluding tert-OH is 1. The summed E-state index contributed by atoms with van der Waals surface area (Å²) in [6.07, 6.45) is 0.151. The number of ether oxygens (including phenoxy) is 2. The van der Waals surface area contributed by atoms with Gasteiger partial charge in [-0.25, -0.2) is 0 Å². The lowest BCUT2D eigenvalue weighted by molar-refractivity contribution is -0.139. The predicted molar refractivity (Wildman–Crippen MR) is 131 cm³/mol. The van der Waals surface area contributed by atoms with E-state index >= 15 is 0 Å². The summed E-state index contributed by atoms with van der Waals surface area (Å²) in [4.78, 5) is 29.6. The molecule has 1 fully saturated rings. The number of hydrogen-bond acceptors (Lipinski definition) is 6. The molecule has 2 aliphatic rings. The number of hydrogen-bond donors (Lipinski definition) is 2. The molecule has 0 unspecified atom stereocenters. The first kappa shape index (κ1) is 23.1. The van der Waals surface area contributed by atoms with Crippen LogP contribution in [-0.2, 0) is 22.6 Å². The number of carbonyl (C=O) groups is 2. The smallest absolute Gasteiger partial charge is 0.247 e. The van der Waals surface area contributed by atoms with Crippen molar-refractivity contribution in [2.24, 2.45) is 0 Å². The monoisotopic (exact) mass is 475 g/mol. The van der Waals surface area contributed by atoms with Crippen LogP contribution in [0.1, 0.15) is 11.1 Å². The molecule has 1 atom stereocenters. The Balaban J connectivity index is 1.12. The molecule has 0 saturated carbocycles. The Kier molecular flexibility index (Phi) is 6.83. The standard InChI is InChI=1S/C27H29N3O5/c31-17-23(28-26(32)15-19-5-7-21-3-1-2-4-22(21)13-19)27(33)30-11-9-29(10-12-30)16-20-6-8-24-25(14-20)35-18-34-24/h1-8,13-14,23,31H,9-12,15-18H2,(H,28,32)/t23-/m0/s1. The minimum atomic E-state index is -0.941. The molecule has 0 aromatic heterocycles. The van der Waals surface area contributed by atoms with Gasteiger partial charge in [0.1, 0.15) is 6.04 Å². The number of nitrogens with one attached hydrogen (secondary N) is 1. The first-order valence-corrected chi connectivity index (χ1v) is 11.9. The number of fused-ring (bicyclic) bond motifs is 2. The summed E-state index contributed by atoms with van der Waals surface area (Å²) in [5.74, 6) is 1.000. The SMILES string of the molecule is O=C(Cc1ccc2ccccc2c1)N[C@@H](CO)C(=O)N1CCN(Cc2ccc3c(c2)OCO3)CC1. The highest BCUT2D eigenvalue weighted by atomic mass is 16.7. The molecule has 3 aromatic rings. The van der Waals surface area contributed by atoms with E-state index < -0.39 is 12.6 Å². The summed E-state index contributed by atoms with van der Waals surface area (Å²) < 4.78 is 10.8. The van der Waals surface area contributed by atoms with E-state index in [0.29, 0.717) is 26.2 Å². The first-order chi connectivity index (χ1) is 17.1. The summed E-state index contributed by atoms with van der Waals surface area (Å²) in [7, 11) is 0. The molecule has 35 heavy (non-hydrogen) atoms. The van der Waals surface area contributed by atoms with Gasteiger partial charge in [-0.05, 0) is 34.0 Å². The highest BCUT2D eigenvalue weighted by Crippen LogP contribution is 2.32. The van der Waals surface area contributed by atoms with E-state index in [-0.39, 0.29) is 25.0 Å². The molecule has 2 aliphatic heterocycles. The molecule has 0 bridgehead atoms. The zero-order chi connectivity index (χ0) is 24.2. The van der Waals surface area contributed by atoms with Gasteiger partial charge >= 0.3 is 0 Å². The van der Waals surface area contributed by atoms with Crippen molar-refractivity contribution < 1.29 is 24.2 Å². The van der Waals surface area contributed by atoms with Gasteiger partial charge in [0.05, 0.1) is 13.0 Å². The molecule has 0 radical (unpaired) electrons. The lowest BCUT2D eigenvalue weighted by atomic mass is 10.0. The molecule has 5 rings (SSSR count). The predicted octanol–water partition coefficient (Wildman–Crippen LogP) is 1.93. The minimum Gasteiger partial charge on any atom is -0.454 e. The Hall–Kier alpha value is -3.62. The summed E-state index contributed by atoms with van der Waals surface area (Å²) in [5.41, 5.74) is 1.99. The molecule has 8 heteroatoms. The third-order valence-corrected chi connectivity index (χ3v) is 6.52. The molecule has 182 valence electrons. The second-order valence-corrected chi connectivity index (χ2v) is 8.95. The average Bonchev–Trinajstić information content (AvgIpc) is 3.35. The Labute approximate surface area is 204 Å². The van der Waals surface area contributed by atoms with Crippen LogP contribution >= 0.6 is 0 Å². The Morgan fingerprint density at radius 1 is 0.886 bits per heavy atom. The number of piperazine rings is 1. The van der Waals surface area contributed by atoms with Crippen LogP contribution in [0.25, 0.3) is 10.8 Å². The van der Waals surface area contributed by atoms with Crippen LogP contribution in [0.15, 0.2) is 60.7 Å². The fourth-order valence-corrected chi connectivity index (χ4v) is 4.61. The Bertz CT molecular complexity index is 1220. The van der Waals surface area contributed by atoms with Gasteiger partial charge in [-0.15, -0.1) is 0 Å². The normalized spacial score (nSPS) is 16.3. The maximum atomic E-state index is 13.0. The number of amides is 2. The van der Waals surface area contributed by atoms with Gasteiger partial charge in [-0.3, -0.25) is 14.5 Å². The fraction of sp³-hybridized carbons (Fsp3) is 0.333. The molecule has 1 saturated heterocycles. The van der Waals surface area contributed by atoms with Gasteiger partial charge in [-0.1, -0.05) is 48.5 Å². The molecular formula is C27H29N3O5. The Morgan fingerprint density at radius 2 is 1.63 bits per heavy atom. The minimum absolute atomic E-state index is 0.151. The summed E-state index contributed by atoms with van der Waals surface area (Å²) in [5, 5.41) is 14.7. The van der Waals surface area contributed by atoms with Crippen LogP contribution in [0, 0.1) is 0 Å². The first-order valence-electron chi connectivity index (χ1n) is 11.9. The van der Waals surface area contributed by atoms with Crippen LogP contribution in [0.3, 0.4) is 0 Å². The molecular weight excluding hydrogens is 446 g/mol. The van der Waals surface area contributed by atoms with Gasteiger partial charge in [-0.2, -0.15) is 0 Å². The van der Waals surface area contributed by atoms with Crippen LogP contribution in [0.2, 0.25) is 0 Å². The molecule has 2 N–H and O–H groups in total. The molecule has 0 spiro atoms. The van der Waals surface area contributed by atoms with E-state index in [4.69, 9.17) is 9.47 Å². The van der Waals surface area contributed by atoms with Crippen LogP contribution in [-0.4, -0.2) is 72.3 Å². The second kappa shape index (κ2) is 10.3. The maximum absolute atomic E-state index is 13.0. The van der Waals surface area contributed by atoms with Gasteiger partial charge in [0.2, 0.25) is 18.6 Å². The van der Waals surface area contributed by atoms with E-state index in [1.807, 2.05) is 60.7 Å². The highest BCUT2D eigenvalue weighted by Gasteiger charge is 2.28. The highest BCUT2D eigenvalue weighted by molar-refractivity contribution is 5.89. The van der Waals surface area contributed by atoms with E-state index in [0.717, 1.165) is 39.9 Å². The Morgan fingerprint density at radius 3 is 2.43 bits per heavy atom. The van der Waals surface area contributed by atoms with E-state index in [9.17, 15) is 14.7 Å². The van der Waals surface area contributed by atoms with Crippen molar-refractivity contribution in [1.82, 2.24) is 15.1 Å². The number of aliphatic hydroxyl groups is 1. The zero-order valence-electron chi connectivity index (χ0n) is 19.5. The second-order valence-electron chi connectivity index (χ2n) is 8.95. The van der Waals surface area contributed by atoms with Gasteiger partial charge in [0.25, 0.3) is 0 Å². The van der Waals surface area contributed by atoms with Crippen LogP contribution in [0.5, 0.6) is 11.5 Å². The topological polar surface area (TPSA) is 91.3 Å². The van der Waals surface area contributed by atoms with Gasteiger partial charge < -0.3 is 24.8 Å². The largest absolute Gasteiger partial charge is 0.454 e. The maximum Gasteiger partial charge on any atom is 0.247 e. The van der Waals surface area contributed by atoms with E-state index in [1.165, 1.54) is 0 Å². The van der Waals surface area contributed by atoms with Gasteiger partial charge in [0, 0.05) is 32.7 Å². The number of carbonyl (C=O) groups excluding carboxylic acids is 2. The fourth-order valence-electron chi connectivity index (χ4n) is 4.61. The van der Waals surface area contributed by atoms with Crippen molar-refractivity contribution in [2.45, 2.75) is 19.0 Å². The lowest BCUT2D eigenvalue weighted by Gasteiger charge is -2.36. The van der Waals surface area contributed by atoms with E-state index in [1.54, 1.807) is 4.90 Å². The third kappa shape index (κ3) is 5.39. The molecule has 2 heterocycles. The molecule has 0 aliphatic carbocycles. The summed E-state index contributed by atoms with van der Waals surface area (Å²) in [6, 6.07) is 18.8. The van der Waals surface area contributed by atoms with Crippen LogP contribution in [0.4, 0.5) is 0 Å². The van der Waals surface area contributed by atoms with Crippen molar-refractivity contribution in [1.29, 1.82) is 0 Å². The summed E-state index contributed by atoms with van der Waals surface area (Å²) in [6.45, 7) is 3.09. The number of rotatable bonds is 7. The van der Waals surface area contributed by atoms with Crippen molar-refractivity contribution in [3.8, 4) is 11.5 Å². The van der Waals surface area contributed by atoms with Gasteiger partial charge in [0.15, 0.2) is 11.5 Å². The lowest BCUT2D eigenvalue weighted by Crippen LogP contribution is -2.56. The van der Waals surface area contributed by atoms with E-state index in [2.05, 4.69) is 10.2 Å². The van der Waals surface area contributed by atoms with Crippen molar-refractivity contribution in [2.75, 3.05) is 39.6 Å². The number of benzene rings is 3. The average molecular weight is 476 g/mol. The van der Waals surface area contributed by atoms with Crippen molar-refractivity contribution in [3.05, 3.63) is 71.8 Å². The quantitative estimate of drug-likeness (QED) is 0.543. The number of nitrogens with zero attached hydrogens (tertiary/aromatic N) is 2. The van der Waals surface area contributed by atoms with Crippen molar-refractivity contribution in [3.63, 3.8) is 0 Å². The molecule has 3 aromatic carbocycles. The third-order valence-electron chi connectivity index (χ3n) is 6.52. The molecule has 2 amide bonds. The molecule has 8 nitrogen and oxygen atoms in total. The van der Waals surface area contributed by atoms with Crippen LogP contribution < -0.4 is 14.8 Å². The van der Waals surface area contributed by atoms with Crippen molar-refractivity contribution >= 4 is 22.6 Å². The zero-order valence-corrected chi connectivity index (χ0v) is 19.5.